The van der Waals surface area contributed by atoms with Gasteiger partial charge in [0.25, 0.3) is 5.91 Å². The SMILES string of the molecule is O=C(NCc1ccccc1)c1cnc(NCc2ccccc2)nc1. The Balaban J connectivity index is 1.53. The Hall–Kier alpha value is -3.21. The van der Waals surface area contributed by atoms with Gasteiger partial charge in [-0.15, -0.1) is 0 Å². The summed E-state index contributed by atoms with van der Waals surface area (Å²) in [6, 6.07) is 19.8. The molecule has 0 fully saturated rings. The minimum absolute atomic E-state index is 0.187. The van der Waals surface area contributed by atoms with E-state index in [1.165, 1.54) is 12.4 Å². The van der Waals surface area contributed by atoms with E-state index in [9.17, 15) is 4.79 Å². The smallest absolute Gasteiger partial charge is 0.254 e. The van der Waals surface area contributed by atoms with Crippen LogP contribution in [0, 0.1) is 0 Å². The summed E-state index contributed by atoms with van der Waals surface area (Å²) >= 11 is 0. The Morgan fingerprint density at radius 3 is 1.92 bits per heavy atom. The van der Waals surface area contributed by atoms with E-state index in [2.05, 4.69) is 20.6 Å². The van der Waals surface area contributed by atoms with Crippen molar-refractivity contribution in [2.75, 3.05) is 5.32 Å². The van der Waals surface area contributed by atoms with Gasteiger partial charge >= 0.3 is 0 Å². The summed E-state index contributed by atoms with van der Waals surface area (Å²) < 4.78 is 0. The highest BCUT2D eigenvalue weighted by atomic mass is 16.1. The number of carbonyl (C=O) groups excluding carboxylic acids is 1. The fraction of sp³-hybridized carbons (Fsp3) is 0.105. The fourth-order valence-corrected chi connectivity index (χ4v) is 2.19. The molecule has 0 aliphatic carbocycles. The number of amides is 1. The van der Waals surface area contributed by atoms with E-state index in [-0.39, 0.29) is 5.91 Å². The highest BCUT2D eigenvalue weighted by Crippen LogP contribution is 2.05. The lowest BCUT2D eigenvalue weighted by atomic mass is 10.2. The topological polar surface area (TPSA) is 66.9 Å². The number of rotatable bonds is 6. The summed E-state index contributed by atoms with van der Waals surface area (Å²) in [5.74, 6) is 0.312. The minimum Gasteiger partial charge on any atom is -0.350 e. The lowest BCUT2D eigenvalue weighted by Crippen LogP contribution is -2.23. The molecule has 0 aliphatic rings. The number of carbonyl (C=O) groups is 1. The Bertz CT molecular complexity index is 773. The number of aromatic nitrogens is 2. The lowest BCUT2D eigenvalue weighted by Gasteiger charge is -2.07. The normalized spacial score (nSPS) is 10.2. The summed E-state index contributed by atoms with van der Waals surface area (Å²) in [5.41, 5.74) is 2.63. The van der Waals surface area contributed by atoms with Gasteiger partial charge in [-0.05, 0) is 11.1 Å². The Labute approximate surface area is 140 Å². The maximum absolute atomic E-state index is 12.1. The molecule has 0 saturated heterocycles. The van der Waals surface area contributed by atoms with Gasteiger partial charge in [-0.3, -0.25) is 4.79 Å². The van der Waals surface area contributed by atoms with Crippen molar-refractivity contribution >= 4 is 11.9 Å². The highest BCUT2D eigenvalue weighted by molar-refractivity contribution is 5.93. The maximum Gasteiger partial charge on any atom is 0.254 e. The first-order valence-corrected chi connectivity index (χ1v) is 7.73. The van der Waals surface area contributed by atoms with Gasteiger partial charge in [0.05, 0.1) is 5.56 Å². The van der Waals surface area contributed by atoms with Crippen LogP contribution in [0.2, 0.25) is 0 Å². The Morgan fingerprint density at radius 1 is 0.792 bits per heavy atom. The summed E-state index contributed by atoms with van der Waals surface area (Å²) in [6.45, 7) is 1.12. The van der Waals surface area contributed by atoms with Crippen LogP contribution in [-0.2, 0) is 13.1 Å². The molecule has 2 N–H and O–H groups in total. The van der Waals surface area contributed by atoms with E-state index >= 15 is 0 Å². The first-order chi connectivity index (χ1) is 11.8. The molecule has 0 atom stereocenters. The van der Waals surface area contributed by atoms with Crippen molar-refractivity contribution in [1.82, 2.24) is 15.3 Å². The van der Waals surface area contributed by atoms with Crippen LogP contribution in [0.3, 0.4) is 0 Å². The van der Waals surface area contributed by atoms with Crippen LogP contribution in [0.25, 0.3) is 0 Å². The van der Waals surface area contributed by atoms with E-state index in [1.54, 1.807) is 0 Å². The molecule has 3 aromatic rings. The largest absolute Gasteiger partial charge is 0.350 e. The molecule has 24 heavy (non-hydrogen) atoms. The third-order valence-electron chi connectivity index (χ3n) is 3.50. The van der Waals surface area contributed by atoms with Crippen LogP contribution >= 0.6 is 0 Å². The van der Waals surface area contributed by atoms with Crippen LogP contribution in [0.4, 0.5) is 5.95 Å². The van der Waals surface area contributed by atoms with Crippen molar-refractivity contribution in [2.24, 2.45) is 0 Å². The van der Waals surface area contributed by atoms with Crippen molar-refractivity contribution < 1.29 is 4.79 Å². The van der Waals surface area contributed by atoms with Crippen molar-refractivity contribution in [2.45, 2.75) is 13.1 Å². The van der Waals surface area contributed by atoms with Gasteiger partial charge in [-0.1, -0.05) is 60.7 Å². The second-order valence-corrected chi connectivity index (χ2v) is 5.30. The summed E-state index contributed by atoms with van der Waals surface area (Å²) in [5, 5.41) is 5.98. The summed E-state index contributed by atoms with van der Waals surface area (Å²) in [7, 11) is 0. The molecule has 0 saturated carbocycles. The predicted octanol–water partition coefficient (Wildman–Crippen LogP) is 3.02. The number of nitrogens with zero attached hydrogens (tertiary/aromatic N) is 2. The minimum atomic E-state index is -0.187. The molecule has 3 rings (SSSR count). The monoisotopic (exact) mass is 318 g/mol. The first kappa shape index (κ1) is 15.7. The van der Waals surface area contributed by atoms with Gasteiger partial charge in [0.1, 0.15) is 0 Å². The number of hydrogen-bond donors (Lipinski definition) is 2. The van der Waals surface area contributed by atoms with Gasteiger partial charge in [0, 0.05) is 25.5 Å². The van der Waals surface area contributed by atoms with Gasteiger partial charge in [-0.2, -0.15) is 0 Å². The Kier molecular flexibility index (Phi) is 5.14. The van der Waals surface area contributed by atoms with Gasteiger partial charge in [0.2, 0.25) is 5.95 Å². The third kappa shape index (κ3) is 4.39. The maximum atomic E-state index is 12.1. The quantitative estimate of drug-likeness (QED) is 0.733. The molecule has 5 heteroatoms. The molecule has 0 radical (unpaired) electrons. The molecular weight excluding hydrogens is 300 g/mol. The standard InChI is InChI=1S/C19H18N4O/c24-18(20-11-15-7-3-1-4-8-15)17-13-22-19(23-14-17)21-12-16-9-5-2-6-10-16/h1-10,13-14H,11-12H2,(H,20,24)(H,21,22,23). The summed E-state index contributed by atoms with van der Waals surface area (Å²) in [6.07, 6.45) is 3.06. The molecule has 0 bridgehead atoms. The average molecular weight is 318 g/mol. The van der Waals surface area contributed by atoms with Gasteiger partial charge in [-0.25, -0.2) is 9.97 Å². The second kappa shape index (κ2) is 7.87. The number of anilines is 1. The summed E-state index contributed by atoms with van der Waals surface area (Å²) in [4.78, 5) is 20.5. The zero-order valence-corrected chi connectivity index (χ0v) is 13.1. The van der Waals surface area contributed by atoms with Crippen LogP contribution in [0.1, 0.15) is 21.5 Å². The zero-order valence-electron chi connectivity index (χ0n) is 13.1. The van der Waals surface area contributed by atoms with E-state index in [4.69, 9.17) is 0 Å². The van der Waals surface area contributed by atoms with Gasteiger partial charge in [0.15, 0.2) is 0 Å². The molecule has 5 nitrogen and oxygen atoms in total. The molecule has 2 aromatic carbocycles. The van der Waals surface area contributed by atoms with Gasteiger partial charge < -0.3 is 10.6 Å². The van der Waals surface area contributed by atoms with Crippen molar-refractivity contribution in [3.63, 3.8) is 0 Å². The van der Waals surface area contributed by atoms with Crippen LogP contribution in [-0.4, -0.2) is 15.9 Å². The van der Waals surface area contributed by atoms with E-state index in [0.29, 0.717) is 24.6 Å². The fourth-order valence-electron chi connectivity index (χ4n) is 2.19. The molecule has 1 amide bonds. The van der Waals surface area contributed by atoms with E-state index in [1.807, 2.05) is 60.7 Å². The number of benzene rings is 2. The van der Waals surface area contributed by atoms with Crippen LogP contribution in [0.5, 0.6) is 0 Å². The molecule has 1 heterocycles. The molecule has 0 aliphatic heterocycles. The van der Waals surface area contributed by atoms with E-state index in [0.717, 1.165) is 11.1 Å². The zero-order chi connectivity index (χ0) is 16.6. The van der Waals surface area contributed by atoms with E-state index < -0.39 is 0 Å². The molecule has 120 valence electrons. The molecular formula is C19H18N4O. The third-order valence-corrected chi connectivity index (χ3v) is 3.50. The molecule has 0 spiro atoms. The molecule has 0 unspecified atom stereocenters. The molecule has 1 aromatic heterocycles. The highest BCUT2D eigenvalue weighted by Gasteiger charge is 2.07. The predicted molar refractivity (Wildman–Crippen MR) is 93.4 cm³/mol. The average Bonchev–Trinajstić information content (AvgIpc) is 2.66. The van der Waals surface area contributed by atoms with Crippen molar-refractivity contribution in [1.29, 1.82) is 0 Å². The van der Waals surface area contributed by atoms with Crippen LogP contribution < -0.4 is 10.6 Å². The first-order valence-electron chi connectivity index (χ1n) is 7.73. The van der Waals surface area contributed by atoms with Crippen molar-refractivity contribution in [3.05, 3.63) is 89.7 Å². The van der Waals surface area contributed by atoms with Crippen molar-refractivity contribution in [3.8, 4) is 0 Å². The number of hydrogen-bond acceptors (Lipinski definition) is 4. The number of nitrogens with one attached hydrogen (secondary N) is 2. The second-order valence-electron chi connectivity index (χ2n) is 5.30. The lowest BCUT2D eigenvalue weighted by molar-refractivity contribution is 0.0950. The van der Waals surface area contributed by atoms with Crippen LogP contribution in [0.15, 0.2) is 73.1 Å². The Morgan fingerprint density at radius 2 is 1.33 bits per heavy atom.